The van der Waals surface area contributed by atoms with Gasteiger partial charge in [0.05, 0.1) is 5.56 Å². The van der Waals surface area contributed by atoms with E-state index < -0.39 is 23.7 Å². The van der Waals surface area contributed by atoms with Gasteiger partial charge in [0.2, 0.25) is 0 Å². The molecule has 0 radical (unpaired) electrons. The van der Waals surface area contributed by atoms with Gasteiger partial charge in [-0.2, -0.15) is 0 Å². The van der Waals surface area contributed by atoms with Crippen molar-refractivity contribution < 1.29 is 23.5 Å². The Morgan fingerprint density at radius 1 is 1.39 bits per heavy atom. The maximum atomic E-state index is 12.5. The molecule has 0 saturated heterocycles. The zero-order valence-corrected chi connectivity index (χ0v) is 9.98. The molecule has 1 aromatic rings. The second-order valence-electron chi connectivity index (χ2n) is 4.18. The summed E-state index contributed by atoms with van der Waals surface area (Å²) in [6.07, 6.45) is -1.84. The number of halogens is 2. The van der Waals surface area contributed by atoms with Crippen LogP contribution in [0.5, 0.6) is 0 Å². The lowest BCUT2D eigenvalue weighted by Gasteiger charge is -2.08. The van der Waals surface area contributed by atoms with Gasteiger partial charge in [-0.1, -0.05) is 13.8 Å². The number of carbonyl (C=O) groups is 2. The number of pyridine rings is 1. The van der Waals surface area contributed by atoms with E-state index in [0.29, 0.717) is 5.56 Å². The van der Waals surface area contributed by atoms with Crippen molar-refractivity contribution in [1.29, 1.82) is 0 Å². The molecule has 1 rings (SSSR count). The highest BCUT2D eigenvalue weighted by molar-refractivity contribution is 5.90. The Balaban J connectivity index is 3.08. The van der Waals surface area contributed by atoms with E-state index in [1.807, 2.05) is 0 Å². The Bertz CT molecular complexity index is 472. The fourth-order valence-electron chi connectivity index (χ4n) is 1.37. The predicted octanol–water partition coefficient (Wildman–Crippen LogP) is 2.49. The summed E-state index contributed by atoms with van der Waals surface area (Å²) in [6, 6.07) is 1.08. The van der Waals surface area contributed by atoms with E-state index in [1.54, 1.807) is 13.8 Å². The summed E-state index contributed by atoms with van der Waals surface area (Å²) in [6.45, 7) is 3.42. The van der Waals surface area contributed by atoms with Crippen LogP contribution in [0.2, 0.25) is 0 Å². The summed E-state index contributed by atoms with van der Waals surface area (Å²) in [7, 11) is 0. The summed E-state index contributed by atoms with van der Waals surface area (Å²) >= 11 is 0. The molecule has 1 N–H and O–H groups in total. The second kappa shape index (κ2) is 5.66. The lowest BCUT2D eigenvalue weighted by atomic mass is 10.0. The molecule has 4 nitrogen and oxygen atoms in total. The molecule has 1 aromatic heterocycles. The molecule has 0 saturated carbocycles. The average Bonchev–Trinajstić information content (AvgIpc) is 2.28. The summed E-state index contributed by atoms with van der Waals surface area (Å²) in [4.78, 5) is 25.8. The highest BCUT2D eigenvalue weighted by Crippen LogP contribution is 2.22. The van der Waals surface area contributed by atoms with Crippen LogP contribution < -0.4 is 0 Å². The van der Waals surface area contributed by atoms with Gasteiger partial charge in [-0.05, 0) is 11.6 Å². The second-order valence-corrected chi connectivity index (χ2v) is 4.18. The number of hydrogen-bond donors (Lipinski definition) is 1. The van der Waals surface area contributed by atoms with E-state index in [1.165, 1.54) is 0 Å². The largest absolute Gasteiger partial charge is 0.478 e. The van der Waals surface area contributed by atoms with Crippen molar-refractivity contribution in [3.05, 3.63) is 29.1 Å². The van der Waals surface area contributed by atoms with Crippen molar-refractivity contribution in [3.8, 4) is 0 Å². The van der Waals surface area contributed by atoms with Crippen molar-refractivity contribution in [2.75, 3.05) is 0 Å². The van der Waals surface area contributed by atoms with E-state index in [2.05, 4.69) is 4.98 Å². The van der Waals surface area contributed by atoms with Crippen LogP contribution in [0.25, 0.3) is 0 Å². The Hall–Kier alpha value is -1.85. The fraction of sp³-hybridized carbons (Fsp3) is 0.417. The summed E-state index contributed by atoms with van der Waals surface area (Å²) in [5, 5.41) is 8.82. The minimum absolute atomic E-state index is 0.00549. The Morgan fingerprint density at radius 3 is 2.44 bits per heavy atom. The number of aromatic carboxylic acids is 1. The van der Waals surface area contributed by atoms with Gasteiger partial charge in [0.1, 0.15) is 11.5 Å². The zero-order valence-electron chi connectivity index (χ0n) is 9.98. The van der Waals surface area contributed by atoms with Gasteiger partial charge in [0.15, 0.2) is 0 Å². The molecule has 0 fully saturated rings. The molecule has 0 spiro atoms. The third-order valence-corrected chi connectivity index (χ3v) is 2.43. The van der Waals surface area contributed by atoms with Crippen LogP contribution >= 0.6 is 0 Å². The van der Waals surface area contributed by atoms with Crippen LogP contribution in [0.15, 0.2) is 12.3 Å². The van der Waals surface area contributed by atoms with Crippen LogP contribution in [0.3, 0.4) is 0 Å². The van der Waals surface area contributed by atoms with Crippen LogP contribution in [0.4, 0.5) is 8.78 Å². The van der Waals surface area contributed by atoms with Gasteiger partial charge in [-0.25, -0.2) is 13.6 Å². The molecule has 0 bridgehead atoms. The van der Waals surface area contributed by atoms with Gasteiger partial charge >= 0.3 is 5.97 Å². The van der Waals surface area contributed by atoms with Crippen molar-refractivity contribution in [3.63, 3.8) is 0 Å². The number of hydrogen-bond acceptors (Lipinski definition) is 3. The van der Waals surface area contributed by atoms with Crippen LogP contribution in [-0.2, 0) is 11.2 Å². The van der Waals surface area contributed by atoms with Gasteiger partial charge in [-0.15, -0.1) is 0 Å². The smallest absolute Gasteiger partial charge is 0.337 e. The van der Waals surface area contributed by atoms with Gasteiger partial charge in [0, 0.05) is 18.5 Å². The van der Waals surface area contributed by atoms with Gasteiger partial charge in [0.25, 0.3) is 6.43 Å². The van der Waals surface area contributed by atoms with E-state index in [0.717, 1.165) is 12.3 Å². The normalized spacial score (nSPS) is 11.0. The molecular formula is C12H13F2NO3. The third-order valence-electron chi connectivity index (χ3n) is 2.43. The number of carboxylic acid groups (broad SMARTS) is 1. The topological polar surface area (TPSA) is 67.3 Å². The lowest BCUT2D eigenvalue weighted by molar-refractivity contribution is -0.121. The SMILES string of the molecule is CC(C)C(=O)Cc1cnc(C(F)F)c(C(=O)O)c1. The molecule has 0 amide bonds. The van der Waals surface area contributed by atoms with Crippen molar-refractivity contribution >= 4 is 11.8 Å². The van der Waals surface area contributed by atoms with E-state index in [9.17, 15) is 18.4 Å². The average molecular weight is 257 g/mol. The number of rotatable bonds is 5. The van der Waals surface area contributed by atoms with Crippen molar-refractivity contribution in [2.24, 2.45) is 5.92 Å². The molecule has 0 unspecified atom stereocenters. The monoisotopic (exact) mass is 257 g/mol. The molecule has 6 heteroatoms. The summed E-state index contributed by atoms with van der Waals surface area (Å²) in [5.41, 5.74) is -1.00. The summed E-state index contributed by atoms with van der Waals surface area (Å²) < 4.78 is 25.0. The number of carbonyl (C=O) groups excluding carboxylic acids is 1. The zero-order chi connectivity index (χ0) is 13.9. The Morgan fingerprint density at radius 2 is 2.00 bits per heavy atom. The number of alkyl halides is 2. The molecule has 0 atom stereocenters. The molecule has 0 aliphatic rings. The number of Topliss-reactive ketones (excluding diaryl/α,β-unsaturated/α-hetero) is 1. The molecular weight excluding hydrogens is 244 g/mol. The minimum atomic E-state index is -2.95. The number of ketones is 1. The first-order chi connectivity index (χ1) is 8.32. The fourth-order valence-corrected chi connectivity index (χ4v) is 1.37. The van der Waals surface area contributed by atoms with Crippen molar-refractivity contribution in [2.45, 2.75) is 26.7 Å². The predicted molar refractivity (Wildman–Crippen MR) is 59.7 cm³/mol. The molecule has 1 heterocycles. The number of nitrogens with zero attached hydrogens (tertiary/aromatic N) is 1. The standard InChI is InChI=1S/C12H13F2NO3/c1-6(2)9(16)4-7-3-8(12(17)18)10(11(13)14)15-5-7/h3,5-6,11H,4H2,1-2H3,(H,17,18). The van der Waals surface area contributed by atoms with Crippen LogP contribution in [0.1, 0.15) is 41.9 Å². The van der Waals surface area contributed by atoms with Gasteiger partial charge < -0.3 is 5.11 Å². The molecule has 18 heavy (non-hydrogen) atoms. The lowest BCUT2D eigenvalue weighted by Crippen LogP contribution is -2.12. The highest BCUT2D eigenvalue weighted by atomic mass is 19.3. The minimum Gasteiger partial charge on any atom is -0.478 e. The maximum Gasteiger partial charge on any atom is 0.337 e. The maximum absolute atomic E-state index is 12.5. The van der Waals surface area contributed by atoms with Gasteiger partial charge in [-0.3, -0.25) is 9.78 Å². The highest BCUT2D eigenvalue weighted by Gasteiger charge is 2.20. The van der Waals surface area contributed by atoms with E-state index in [4.69, 9.17) is 5.11 Å². The molecule has 0 aliphatic heterocycles. The first kappa shape index (κ1) is 14.2. The summed E-state index contributed by atoms with van der Waals surface area (Å²) in [5.74, 6) is -1.78. The Labute approximate surface area is 103 Å². The first-order valence-electron chi connectivity index (χ1n) is 5.36. The van der Waals surface area contributed by atoms with Crippen molar-refractivity contribution in [1.82, 2.24) is 4.98 Å². The number of carboxylic acids is 1. The van der Waals surface area contributed by atoms with Crippen LogP contribution in [-0.4, -0.2) is 21.8 Å². The molecule has 0 aromatic carbocycles. The Kier molecular flexibility index (Phi) is 4.47. The first-order valence-corrected chi connectivity index (χ1v) is 5.36. The number of aromatic nitrogens is 1. The molecule has 0 aliphatic carbocycles. The third kappa shape index (κ3) is 3.32. The molecule has 98 valence electrons. The van der Waals surface area contributed by atoms with E-state index in [-0.39, 0.29) is 18.1 Å². The van der Waals surface area contributed by atoms with Crippen LogP contribution in [0, 0.1) is 5.92 Å². The quantitative estimate of drug-likeness (QED) is 0.879. The van der Waals surface area contributed by atoms with E-state index >= 15 is 0 Å².